The minimum Gasteiger partial charge on any atom is -0.355 e. The van der Waals surface area contributed by atoms with Gasteiger partial charge in [0.05, 0.1) is 6.54 Å². The molecular formula is C10H15ClN4O. The van der Waals surface area contributed by atoms with Gasteiger partial charge in [-0.1, -0.05) is 11.6 Å². The highest BCUT2D eigenvalue weighted by Gasteiger charge is 2.10. The van der Waals surface area contributed by atoms with E-state index in [1.54, 1.807) is 6.07 Å². The predicted molar refractivity (Wildman–Crippen MR) is 63.6 cm³/mol. The SMILES string of the molecule is CCNC(=O)CN(CC)c1cc(Cl)ncn1. The molecule has 1 rings (SSSR count). The second kappa shape index (κ2) is 6.27. The van der Waals surface area contributed by atoms with Crippen LogP contribution in [0, 0.1) is 0 Å². The summed E-state index contributed by atoms with van der Waals surface area (Å²) in [7, 11) is 0. The number of hydrogen-bond donors (Lipinski definition) is 1. The monoisotopic (exact) mass is 242 g/mol. The molecule has 5 nitrogen and oxygen atoms in total. The minimum atomic E-state index is -0.0286. The van der Waals surface area contributed by atoms with Gasteiger partial charge >= 0.3 is 0 Å². The lowest BCUT2D eigenvalue weighted by molar-refractivity contribution is -0.119. The summed E-state index contributed by atoms with van der Waals surface area (Å²) >= 11 is 5.77. The maximum atomic E-state index is 11.4. The zero-order chi connectivity index (χ0) is 12.0. The number of aromatic nitrogens is 2. The molecule has 0 aliphatic heterocycles. The minimum absolute atomic E-state index is 0.0286. The molecule has 0 aliphatic carbocycles. The van der Waals surface area contributed by atoms with Crippen molar-refractivity contribution in [3.05, 3.63) is 17.5 Å². The van der Waals surface area contributed by atoms with Crippen LogP contribution in [0.25, 0.3) is 0 Å². The predicted octanol–water partition coefficient (Wildman–Crippen LogP) is 1.09. The van der Waals surface area contributed by atoms with Crippen LogP contribution in [-0.4, -0.2) is 35.5 Å². The van der Waals surface area contributed by atoms with E-state index in [-0.39, 0.29) is 12.5 Å². The standard InChI is InChI=1S/C10H15ClN4O/c1-3-12-10(16)6-15(4-2)9-5-8(11)13-7-14-9/h5,7H,3-4,6H2,1-2H3,(H,12,16). The fourth-order valence-electron chi connectivity index (χ4n) is 1.28. The number of halogens is 1. The second-order valence-corrected chi connectivity index (χ2v) is 3.55. The van der Waals surface area contributed by atoms with Crippen molar-refractivity contribution < 1.29 is 4.79 Å². The molecule has 1 aromatic rings. The Labute approximate surface area is 99.8 Å². The van der Waals surface area contributed by atoms with Crippen LogP contribution in [0.3, 0.4) is 0 Å². The molecule has 0 spiro atoms. The van der Waals surface area contributed by atoms with E-state index in [0.29, 0.717) is 24.1 Å². The molecule has 0 aliphatic rings. The molecule has 88 valence electrons. The zero-order valence-electron chi connectivity index (χ0n) is 9.40. The van der Waals surface area contributed by atoms with Gasteiger partial charge in [0, 0.05) is 19.2 Å². The molecule has 0 aromatic carbocycles. The molecular weight excluding hydrogens is 228 g/mol. The molecule has 0 unspecified atom stereocenters. The quantitative estimate of drug-likeness (QED) is 0.786. The summed E-state index contributed by atoms with van der Waals surface area (Å²) in [5, 5.41) is 3.11. The van der Waals surface area contributed by atoms with Crippen LogP contribution in [-0.2, 0) is 4.79 Å². The molecule has 1 heterocycles. The number of amides is 1. The average molecular weight is 243 g/mol. The Morgan fingerprint density at radius 3 is 2.81 bits per heavy atom. The van der Waals surface area contributed by atoms with Gasteiger partial charge in [0.15, 0.2) is 0 Å². The molecule has 0 radical (unpaired) electrons. The number of anilines is 1. The first kappa shape index (κ1) is 12.7. The number of carbonyl (C=O) groups is 1. The smallest absolute Gasteiger partial charge is 0.239 e. The fourth-order valence-corrected chi connectivity index (χ4v) is 1.42. The lowest BCUT2D eigenvalue weighted by Gasteiger charge is -2.20. The molecule has 0 fully saturated rings. The Bertz CT molecular complexity index is 358. The lowest BCUT2D eigenvalue weighted by atomic mass is 10.4. The number of nitrogens with one attached hydrogen (secondary N) is 1. The van der Waals surface area contributed by atoms with Crippen LogP contribution in [0.15, 0.2) is 12.4 Å². The van der Waals surface area contributed by atoms with Gasteiger partial charge in [-0.05, 0) is 13.8 Å². The van der Waals surface area contributed by atoms with Crippen molar-refractivity contribution in [1.29, 1.82) is 0 Å². The third-order valence-electron chi connectivity index (χ3n) is 2.03. The Hall–Kier alpha value is -1.36. The molecule has 0 bridgehead atoms. The molecule has 0 saturated carbocycles. The van der Waals surface area contributed by atoms with E-state index in [1.165, 1.54) is 6.33 Å². The summed E-state index contributed by atoms with van der Waals surface area (Å²) in [5.41, 5.74) is 0. The van der Waals surface area contributed by atoms with E-state index < -0.39 is 0 Å². The van der Waals surface area contributed by atoms with Crippen LogP contribution in [0.4, 0.5) is 5.82 Å². The summed E-state index contributed by atoms with van der Waals surface area (Å²) in [5.74, 6) is 0.632. The van der Waals surface area contributed by atoms with Crippen molar-refractivity contribution in [3.63, 3.8) is 0 Å². The number of hydrogen-bond acceptors (Lipinski definition) is 4. The summed E-state index contributed by atoms with van der Waals surface area (Å²) in [6.45, 7) is 5.42. The van der Waals surface area contributed by atoms with Gasteiger partial charge in [-0.25, -0.2) is 9.97 Å². The summed E-state index contributed by atoms with van der Waals surface area (Å²) in [6.07, 6.45) is 1.39. The van der Waals surface area contributed by atoms with Gasteiger partial charge in [0.1, 0.15) is 17.3 Å². The van der Waals surface area contributed by atoms with E-state index in [9.17, 15) is 4.79 Å². The molecule has 1 amide bonds. The molecule has 1 aromatic heterocycles. The van der Waals surface area contributed by atoms with Gasteiger partial charge in [0.2, 0.25) is 5.91 Å². The van der Waals surface area contributed by atoms with Gasteiger partial charge < -0.3 is 10.2 Å². The lowest BCUT2D eigenvalue weighted by Crippen LogP contribution is -2.37. The first-order valence-corrected chi connectivity index (χ1v) is 5.54. The van der Waals surface area contributed by atoms with Gasteiger partial charge in [-0.3, -0.25) is 4.79 Å². The maximum absolute atomic E-state index is 11.4. The molecule has 0 saturated heterocycles. The van der Waals surface area contributed by atoms with Crippen LogP contribution in [0.5, 0.6) is 0 Å². The van der Waals surface area contributed by atoms with Crippen molar-refractivity contribution in [2.75, 3.05) is 24.5 Å². The maximum Gasteiger partial charge on any atom is 0.239 e. The molecule has 16 heavy (non-hydrogen) atoms. The van der Waals surface area contributed by atoms with Crippen molar-refractivity contribution in [2.24, 2.45) is 0 Å². The van der Waals surface area contributed by atoms with E-state index in [4.69, 9.17) is 11.6 Å². The topological polar surface area (TPSA) is 58.1 Å². The largest absolute Gasteiger partial charge is 0.355 e. The normalized spacial score (nSPS) is 9.94. The number of carbonyl (C=O) groups excluding carboxylic acids is 1. The number of likely N-dealkylation sites (N-methyl/N-ethyl adjacent to an activating group) is 2. The first-order chi connectivity index (χ1) is 7.67. The number of rotatable bonds is 5. The van der Waals surface area contributed by atoms with Crippen LogP contribution < -0.4 is 10.2 Å². The zero-order valence-corrected chi connectivity index (χ0v) is 10.2. The van der Waals surface area contributed by atoms with Gasteiger partial charge in [0.25, 0.3) is 0 Å². The summed E-state index contributed by atoms with van der Waals surface area (Å²) in [6, 6.07) is 1.64. The second-order valence-electron chi connectivity index (χ2n) is 3.17. The van der Waals surface area contributed by atoms with Gasteiger partial charge in [-0.15, -0.1) is 0 Å². The van der Waals surface area contributed by atoms with Crippen LogP contribution in [0.2, 0.25) is 5.15 Å². The third kappa shape index (κ3) is 3.66. The highest BCUT2D eigenvalue weighted by molar-refractivity contribution is 6.29. The summed E-state index contributed by atoms with van der Waals surface area (Å²) in [4.78, 5) is 21.1. The fraction of sp³-hybridized carbons (Fsp3) is 0.500. The highest BCUT2D eigenvalue weighted by Crippen LogP contribution is 2.13. The van der Waals surface area contributed by atoms with Crippen molar-refractivity contribution >= 4 is 23.3 Å². The number of nitrogens with zero attached hydrogens (tertiary/aromatic N) is 3. The van der Waals surface area contributed by atoms with Gasteiger partial charge in [-0.2, -0.15) is 0 Å². The van der Waals surface area contributed by atoms with Crippen LogP contribution in [0.1, 0.15) is 13.8 Å². The highest BCUT2D eigenvalue weighted by atomic mass is 35.5. The van der Waals surface area contributed by atoms with Crippen molar-refractivity contribution in [1.82, 2.24) is 15.3 Å². The van der Waals surface area contributed by atoms with Crippen molar-refractivity contribution in [2.45, 2.75) is 13.8 Å². The van der Waals surface area contributed by atoms with Crippen LogP contribution >= 0.6 is 11.6 Å². The molecule has 6 heteroatoms. The summed E-state index contributed by atoms with van der Waals surface area (Å²) < 4.78 is 0. The van der Waals surface area contributed by atoms with E-state index in [1.807, 2.05) is 18.7 Å². The van der Waals surface area contributed by atoms with E-state index in [2.05, 4.69) is 15.3 Å². The molecule has 0 atom stereocenters. The Kier molecular flexibility index (Phi) is 4.98. The van der Waals surface area contributed by atoms with Crippen molar-refractivity contribution in [3.8, 4) is 0 Å². The Morgan fingerprint density at radius 1 is 1.50 bits per heavy atom. The third-order valence-corrected chi connectivity index (χ3v) is 2.24. The molecule has 1 N–H and O–H groups in total. The van der Waals surface area contributed by atoms with E-state index in [0.717, 1.165) is 0 Å². The Balaban J connectivity index is 2.70. The van der Waals surface area contributed by atoms with E-state index >= 15 is 0 Å². The average Bonchev–Trinajstić information content (AvgIpc) is 2.26. The first-order valence-electron chi connectivity index (χ1n) is 5.16. The Morgan fingerprint density at radius 2 is 2.25 bits per heavy atom.